The fraction of sp³-hybridized carbons (Fsp3) is 0.857. The van der Waals surface area contributed by atoms with Crippen molar-refractivity contribution < 1.29 is 4.74 Å². The molecule has 0 aromatic rings. The maximum atomic E-state index is 11.2. The van der Waals surface area contributed by atoms with Crippen LogP contribution in [0.2, 0.25) is 0 Å². The standard InChI is InChI=1S/C14H24N2O3/c1-15(17)11-3-7-13(8-4-11)19-14-9-5-12(6-10-14)16(2)18/h3,7,11-14H,4-6,8-10H2,1-2H3/q-2. The van der Waals surface area contributed by atoms with Crippen LogP contribution in [0.4, 0.5) is 0 Å². The zero-order chi connectivity index (χ0) is 13.8. The van der Waals surface area contributed by atoms with Crippen LogP contribution in [-0.4, -0.2) is 48.5 Å². The molecule has 110 valence electrons. The van der Waals surface area contributed by atoms with Crippen molar-refractivity contribution in [1.82, 2.24) is 10.1 Å². The van der Waals surface area contributed by atoms with E-state index in [1.807, 2.05) is 12.2 Å². The van der Waals surface area contributed by atoms with E-state index in [0.29, 0.717) is 0 Å². The summed E-state index contributed by atoms with van der Waals surface area (Å²) in [6, 6.07) is 0.171. The van der Waals surface area contributed by atoms with Gasteiger partial charge in [-0.1, -0.05) is 12.2 Å². The van der Waals surface area contributed by atoms with Crippen molar-refractivity contribution in [2.24, 2.45) is 0 Å². The van der Waals surface area contributed by atoms with Gasteiger partial charge in [0.1, 0.15) is 0 Å². The Morgan fingerprint density at radius 2 is 1.58 bits per heavy atom. The normalized spacial score (nSPS) is 36.1. The molecule has 0 bridgehead atoms. The first-order valence-corrected chi connectivity index (χ1v) is 7.20. The molecule has 0 aliphatic heterocycles. The van der Waals surface area contributed by atoms with Gasteiger partial charge in [0.25, 0.3) is 0 Å². The van der Waals surface area contributed by atoms with Crippen LogP contribution in [0.15, 0.2) is 12.2 Å². The highest BCUT2D eigenvalue weighted by molar-refractivity contribution is 5.03. The van der Waals surface area contributed by atoms with E-state index in [4.69, 9.17) is 4.74 Å². The summed E-state index contributed by atoms with van der Waals surface area (Å²) < 4.78 is 6.06. The SMILES string of the molecule is CN([O-])C1C=CC(OC2CCC(N(C)[O-])CC2)CC1. The summed E-state index contributed by atoms with van der Waals surface area (Å²) in [5.74, 6) is 0. The molecular formula is C14H24N2O3-2. The molecule has 1 saturated carbocycles. The molecule has 2 atom stereocenters. The van der Waals surface area contributed by atoms with Crippen molar-refractivity contribution in [1.29, 1.82) is 0 Å². The van der Waals surface area contributed by atoms with Crippen LogP contribution >= 0.6 is 0 Å². The summed E-state index contributed by atoms with van der Waals surface area (Å²) in [5, 5.41) is 24.5. The number of hydrogen-bond donors (Lipinski definition) is 0. The third-order valence-electron chi connectivity index (χ3n) is 4.29. The summed E-state index contributed by atoms with van der Waals surface area (Å²) in [5.41, 5.74) is 0. The van der Waals surface area contributed by atoms with Gasteiger partial charge in [0.05, 0.1) is 12.2 Å². The molecule has 0 N–H and O–H groups in total. The minimum absolute atomic E-state index is 0.00435. The fourth-order valence-electron chi connectivity index (χ4n) is 2.99. The largest absolute Gasteiger partial charge is 0.785 e. The summed E-state index contributed by atoms with van der Waals surface area (Å²) in [6.45, 7) is 0. The lowest BCUT2D eigenvalue weighted by atomic mass is 9.92. The van der Waals surface area contributed by atoms with Crippen LogP contribution in [0, 0.1) is 10.4 Å². The molecule has 0 spiro atoms. The summed E-state index contributed by atoms with van der Waals surface area (Å²) in [4.78, 5) is 0. The molecule has 2 aliphatic rings. The van der Waals surface area contributed by atoms with Crippen LogP contribution in [0.5, 0.6) is 0 Å². The van der Waals surface area contributed by atoms with Gasteiger partial charge in [-0.05, 0) is 58.7 Å². The Labute approximate surface area is 115 Å². The van der Waals surface area contributed by atoms with Crippen LogP contribution in [-0.2, 0) is 4.74 Å². The first-order chi connectivity index (χ1) is 9.06. The molecule has 5 heteroatoms. The molecule has 2 rings (SSSR count). The van der Waals surface area contributed by atoms with E-state index in [-0.39, 0.29) is 24.3 Å². The molecule has 0 aromatic heterocycles. The molecule has 19 heavy (non-hydrogen) atoms. The number of ether oxygens (including phenoxy) is 1. The third kappa shape index (κ3) is 4.26. The van der Waals surface area contributed by atoms with Gasteiger partial charge in [-0.2, -0.15) is 0 Å². The Bertz CT molecular complexity index is 299. The summed E-state index contributed by atoms with van der Waals surface area (Å²) in [7, 11) is 3.17. The molecule has 2 aliphatic carbocycles. The maximum absolute atomic E-state index is 11.2. The Balaban J connectivity index is 1.73. The van der Waals surface area contributed by atoms with Crippen molar-refractivity contribution >= 4 is 0 Å². The van der Waals surface area contributed by atoms with E-state index in [2.05, 4.69) is 0 Å². The van der Waals surface area contributed by atoms with Gasteiger partial charge in [-0.3, -0.25) is 0 Å². The Morgan fingerprint density at radius 1 is 0.895 bits per heavy atom. The van der Waals surface area contributed by atoms with Crippen molar-refractivity contribution in [2.75, 3.05) is 14.1 Å². The Morgan fingerprint density at radius 3 is 2.05 bits per heavy atom. The predicted octanol–water partition coefficient (Wildman–Crippen LogP) is 2.26. The van der Waals surface area contributed by atoms with Crippen molar-refractivity contribution in [3.05, 3.63) is 22.6 Å². The molecule has 5 nitrogen and oxygen atoms in total. The summed E-state index contributed by atoms with van der Waals surface area (Å²) in [6.07, 6.45) is 9.94. The maximum Gasteiger partial charge on any atom is 0.0760 e. The van der Waals surface area contributed by atoms with E-state index >= 15 is 0 Å². The van der Waals surface area contributed by atoms with Crippen LogP contribution in [0.1, 0.15) is 38.5 Å². The van der Waals surface area contributed by atoms with Gasteiger partial charge in [-0.25, -0.2) is 0 Å². The monoisotopic (exact) mass is 268 g/mol. The Hall–Kier alpha value is -0.460. The van der Waals surface area contributed by atoms with Crippen molar-refractivity contribution in [3.8, 4) is 0 Å². The molecule has 0 amide bonds. The highest BCUT2D eigenvalue weighted by Gasteiger charge is 2.24. The van der Waals surface area contributed by atoms with E-state index in [9.17, 15) is 10.4 Å². The highest BCUT2D eigenvalue weighted by atomic mass is 16.5. The van der Waals surface area contributed by atoms with E-state index in [0.717, 1.165) is 48.7 Å². The van der Waals surface area contributed by atoms with Gasteiger partial charge in [0, 0.05) is 6.04 Å². The number of nitrogens with zero attached hydrogens (tertiary/aromatic N) is 2. The second kappa shape index (κ2) is 6.81. The average molecular weight is 268 g/mol. The van der Waals surface area contributed by atoms with Crippen LogP contribution < -0.4 is 0 Å². The minimum Gasteiger partial charge on any atom is -0.785 e. The van der Waals surface area contributed by atoms with E-state index in [1.54, 1.807) is 14.1 Å². The zero-order valence-electron chi connectivity index (χ0n) is 11.8. The molecule has 0 saturated heterocycles. The zero-order valence-corrected chi connectivity index (χ0v) is 11.8. The van der Waals surface area contributed by atoms with Crippen LogP contribution in [0.25, 0.3) is 0 Å². The second-order valence-electron chi connectivity index (χ2n) is 5.73. The number of rotatable bonds is 4. The summed E-state index contributed by atoms with van der Waals surface area (Å²) >= 11 is 0. The number of hydroxylamine groups is 4. The van der Waals surface area contributed by atoms with Gasteiger partial charge < -0.3 is 25.3 Å². The second-order valence-corrected chi connectivity index (χ2v) is 5.73. The predicted molar refractivity (Wildman–Crippen MR) is 75.3 cm³/mol. The lowest BCUT2D eigenvalue weighted by Gasteiger charge is -2.40. The van der Waals surface area contributed by atoms with E-state index < -0.39 is 0 Å². The highest BCUT2D eigenvalue weighted by Crippen LogP contribution is 2.27. The van der Waals surface area contributed by atoms with E-state index in [1.165, 1.54) is 0 Å². The molecule has 0 aromatic carbocycles. The molecular weight excluding hydrogens is 244 g/mol. The number of hydrogen-bond acceptors (Lipinski definition) is 5. The smallest absolute Gasteiger partial charge is 0.0760 e. The third-order valence-corrected chi connectivity index (χ3v) is 4.29. The van der Waals surface area contributed by atoms with Crippen molar-refractivity contribution in [2.45, 2.75) is 62.8 Å². The lowest BCUT2D eigenvalue weighted by molar-refractivity contribution is -0.0242. The quantitative estimate of drug-likeness (QED) is 0.578. The molecule has 0 heterocycles. The molecule has 1 fully saturated rings. The van der Waals surface area contributed by atoms with Crippen molar-refractivity contribution in [3.63, 3.8) is 0 Å². The first kappa shape index (κ1) is 14.9. The molecule has 0 radical (unpaired) electrons. The Kier molecular flexibility index (Phi) is 5.36. The lowest BCUT2D eigenvalue weighted by Crippen LogP contribution is -2.36. The average Bonchev–Trinajstić information content (AvgIpc) is 2.40. The van der Waals surface area contributed by atoms with Gasteiger partial charge >= 0.3 is 0 Å². The minimum atomic E-state index is 0.00435. The number of likely N-dealkylation sites (N-methyl/N-ethyl adjacent to an activating group) is 1. The molecule has 2 unspecified atom stereocenters. The van der Waals surface area contributed by atoms with Crippen LogP contribution in [0.3, 0.4) is 0 Å². The van der Waals surface area contributed by atoms with Gasteiger partial charge in [0.15, 0.2) is 0 Å². The topological polar surface area (TPSA) is 61.8 Å². The van der Waals surface area contributed by atoms with Gasteiger partial charge in [-0.15, -0.1) is 0 Å². The van der Waals surface area contributed by atoms with Gasteiger partial charge in [0.2, 0.25) is 0 Å². The first-order valence-electron chi connectivity index (χ1n) is 7.20. The fourth-order valence-corrected chi connectivity index (χ4v) is 2.99.